The number of benzene rings is 1. The van der Waals surface area contributed by atoms with Crippen molar-refractivity contribution in [2.75, 3.05) is 25.9 Å². The van der Waals surface area contributed by atoms with Crippen molar-refractivity contribution >= 4 is 12.6 Å². The zero-order chi connectivity index (χ0) is 12.5. The quantitative estimate of drug-likeness (QED) is 0.692. The molecule has 0 aromatic heterocycles. The second-order valence-electron chi connectivity index (χ2n) is 4.95. The molecule has 1 nitrogen and oxygen atoms in total. The second kappa shape index (κ2) is 8.60. The van der Waals surface area contributed by atoms with Gasteiger partial charge in [0, 0.05) is 6.54 Å². The second-order valence-corrected chi connectivity index (χ2v) is 5.39. The summed E-state index contributed by atoms with van der Waals surface area (Å²) < 4.78 is 0. The largest absolute Gasteiger partial charge is 0.306 e. The van der Waals surface area contributed by atoms with Crippen molar-refractivity contribution < 1.29 is 0 Å². The molecule has 1 rings (SSSR count). The molecule has 1 aromatic rings. The minimum atomic E-state index is 0.798. The fourth-order valence-corrected chi connectivity index (χ4v) is 2.32. The first-order valence-corrected chi connectivity index (χ1v) is 7.19. The topological polar surface area (TPSA) is 3.24 Å². The molecule has 1 aromatic carbocycles. The number of rotatable bonds is 8. The van der Waals surface area contributed by atoms with E-state index in [0.717, 1.165) is 24.6 Å². The lowest BCUT2D eigenvalue weighted by molar-refractivity contribution is 0.307. The van der Waals surface area contributed by atoms with Gasteiger partial charge in [0.05, 0.1) is 0 Å². The van der Waals surface area contributed by atoms with E-state index in [-0.39, 0.29) is 0 Å². The van der Waals surface area contributed by atoms with Crippen LogP contribution in [0.4, 0.5) is 0 Å². The summed E-state index contributed by atoms with van der Waals surface area (Å²) in [5.41, 5.74) is 1.43. The SMILES string of the molecule is CC(CCS)CCN(C)CCc1ccccc1. The van der Waals surface area contributed by atoms with Gasteiger partial charge in [0.25, 0.3) is 0 Å². The molecule has 0 saturated carbocycles. The Labute approximate surface area is 112 Å². The molecule has 0 bridgehead atoms. The Balaban J connectivity index is 2.15. The normalized spacial score (nSPS) is 12.9. The maximum Gasteiger partial charge on any atom is 0.00188 e. The van der Waals surface area contributed by atoms with E-state index in [1.807, 2.05) is 0 Å². The van der Waals surface area contributed by atoms with E-state index >= 15 is 0 Å². The molecule has 0 aliphatic carbocycles. The molecule has 96 valence electrons. The zero-order valence-corrected chi connectivity index (χ0v) is 12.0. The van der Waals surface area contributed by atoms with Crippen molar-refractivity contribution in [3.05, 3.63) is 35.9 Å². The Morgan fingerprint density at radius 2 is 1.82 bits per heavy atom. The van der Waals surface area contributed by atoms with Crippen LogP contribution in [-0.2, 0) is 6.42 Å². The lowest BCUT2D eigenvalue weighted by Crippen LogP contribution is -2.23. The molecule has 0 radical (unpaired) electrons. The van der Waals surface area contributed by atoms with E-state index in [9.17, 15) is 0 Å². The molecule has 0 saturated heterocycles. The maximum absolute atomic E-state index is 4.28. The van der Waals surface area contributed by atoms with Crippen molar-refractivity contribution in [1.29, 1.82) is 0 Å². The Morgan fingerprint density at radius 1 is 1.12 bits per heavy atom. The number of hydrogen-bond acceptors (Lipinski definition) is 2. The first-order chi connectivity index (χ1) is 8.22. The molecule has 0 fully saturated rings. The molecule has 2 heteroatoms. The molecular formula is C15H25NS. The first-order valence-electron chi connectivity index (χ1n) is 6.55. The highest BCUT2D eigenvalue weighted by atomic mass is 32.1. The third kappa shape index (κ3) is 6.75. The Hall–Kier alpha value is -0.470. The van der Waals surface area contributed by atoms with Gasteiger partial charge in [0.2, 0.25) is 0 Å². The van der Waals surface area contributed by atoms with Crippen LogP contribution in [0.3, 0.4) is 0 Å². The summed E-state index contributed by atoms with van der Waals surface area (Å²) in [6.45, 7) is 4.67. The van der Waals surface area contributed by atoms with Crippen LogP contribution in [0, 0.1) is 5.92 Å². The molecule has 0 heterocycles. The van der Waals surface area contributed by atoms with Gasteiger partial charge >= 0.3 is 0 Å². The van der Waals surface area contributed by atoms with Gasteiger partial charge in [-0.15, -0.1) is 0 Å². The standard InChI is InChI=1S/C15H25NS/c1-14(10-13-17)8-11-16(2)12-9-15-6-4-3-5-7-15/h3-7,14,17H,8-13H2,1-2H3. The van der Waals surface area contributed by atoms with Crippen LogP contribution in [0.2, 0.25) is 0 Å². The van der Waals surface area contributed by atoms with E-state index in [4.69, 9.17) is 0 Å². The van der Waals surface area contributed by atoms with Crippen LogP contribution in [0.15, 0.2) is 30.3 Å². The van der Waals surface area contributed by atoms with Gasteiger partial charge < -0.3 is 4.90 Å². The van der Waals surface area contributed by atoms with Crippen LogP contribution in [0.25, 0.3) is 0 Å². The Morgan fingerprint density at radius 3 is 2.47 bits per heavy atom. The van der Waals surface area contributed by atoms with Crippen LogP contribution in [-0.4, -0.2) is 30.8 Å². The van der Waals surface area contributed by atoms with Gasteiger partial charge in [-0.2, -0.15) is 12.6 Å². The van der Waals surface area contributed by atoms with Crippen molar-refractivity contribution in [3.63, 3.8) is 0 Å². The summed E-state index contributed by atoms with van der Waals surface area (Å²) in [6, 6.07) is 10.7. The summed E-state index contributed by atoms with van der Waals surface area (Å²) in [4.78, 5) is 2.43. The summed E-state index contributed by atoms with van der Waals surface area (Å²) in [6.07, 6.45) is 3.67. The molecule has 0 spiro atoms. The summed E-state index contributed by atoms with van der Waals surface area (Å²) in [5.74, 6) is 1.81. The Kier molecular flexibility index (Phi) is 7.38. The minimum Gasteiger partial charge on any atom is -0.306 e. The van der Waals surface area contributed by atoms with Crippen LogP contribution >= 0.6 is 12.6 Å². The van der Waals surface area contributed by atoms with Gasteiger partial charge in [0.1, 0.15) is 0 Å². The fraction of sp³-hybridized carbons (Fsp3) is 0.600. The van der Waals surface area contributed by atoms with Crippen molar-refractivity contribution in [1.82, 2.24) is 4.90 Å². The molecule has 0 aliphatic heterocycles. The van der Waals surface area contributed by atoms with Gasteiger partial charge in [0.15, 0.2) is 0 Å². The average molecular weight is 251 g/mol. The highest BCUT2D eigenvalue weighted by Crippen LogP contribution is 2.09. The van der Waals surface area contributed by atoms with E-state index in [2.05, 4.69) is 61.8 Å². The lowest BCUT2D eigenvalue weighted by Gasteiger charge is -2.19. The van der Waals surface area contributed by atoms with Gasteiger partial charge in [-0.1, -0.05) is 37.3 Å². The van der Waals surface area contributed by atoms with E-state index < -0.39 is 0 Å². The van der Waals surface area contributed by atoms with Gasteiger partial charge in [-0.3, -0.25) is 0 Å². The van der Waals surface area contributed by atoms with Gasteiger partial charge in [-0.05, 0) is 50.1 Å². The predicted octanol–water partition coefficient (Wildman–Crippen LogP) is 3.51. The average Bonchev–Trinajstić information content (AvgIpc) is 2.35. The molecule has 0 aliphatic rings. The van der Waals surface area contributed by atoms with Crippen molar-refractivity contribution in [2.24, 2.45) is 5.92 Å². The number of likely N-dealkylation sites (N-methyl/N-ethyl adjacent to an activating group) is 1. The third-order valence-electron chi connectivity index (χ3n) is 3.25. The summed E-state index contributed by atoms with van der Waals surface area (Å²) in [7, 11) is 2.22. The van der Waals surface area contributed by atoms with Crippen LogP contribution in [0.5, 0.6) is 0 Å². The maximum atomic E-state index is 4.28. The molecular weight excluding hydrogens is 226 g/mol. The fourth-order valence-electron chi connectivity index (χ4n) is 1.88. The monoisotopic (exact) mass is 251 g/mol. The van der Waals surface area contributed by atoms with Crippen LogP contribution < -0.4 is 0 Å². The molecule has 1 unspecified atom stereocenters. The molecule has 0 amide bonds. The summed E-state index contributed by atoms with van der Waals surface area (Å²) >= 11 is 4.28. The minimum absolute atomic E-state index is 0.798. The number of thiol groups is 1. The molecule has 17 heavy (non-hydrogen) atoms. The predicted molar refractivity (Wildman–Crippen MR) is 79.9 cm³/mol. The Bertz CT molecular complexity index is 286. The smallest absolute Gasteiger partial charge is 0.00188 e. The molecule has 1 atom stereocenters. The zero-order valence-electron chi connectivity index (χ0n) is 11.1. The number of nitrogens with zero attached hydrogens (tertiary/aromatic N) is 1. The van der Waals surface area contributed by atoms with Crippen molar-refractivity contribution in [2.45, 2.75) is 26.2 Å². The van der Waals surface area contributed by atoms with E-state index in [1.165, 1.54) is 24.9 Å². The van der Waals surface area contributed by atoms with Gasteiger partial charge in [-0.25, -0.2) is 0 Å². The van der Waals surface area contributed by atoms with E-state index in [1.54, 1.807) is 0 Å². The highest BCUT2D eigenvalue weighted by molar-refractivity contribution is 7.80. The highest BCUT2D eigenvalue weighted by Gasteiger charge is 2.04. The van der Waals surface area contributed by atoms with E-state index in [0.29, 0.717) is 0 Å². The summed E-state index contributed by atoms with van der Waals surface area (Å²) in [5, 5.41) is 0. The van der Waals surface area contributed by atoms with Crippen molar-refractivity contribution in [3.8, 4) is 0 Å². The lowest BCUT2D eigenvalue weighted by atomic mass is 10.0. The molecule has 0 N–H and O–H groups in total. The third-order valence-corrected chi connectivity index (χ3v) is 3.51. The first kappa shape index (κ1) is 14.6. The van der Waals surface area contributed by atoms with Crippen LogP contribution in [0.1, 0.15) is 25.3 Å². The number of hydrogen-bond donors (Lipinski definition) is 1.